The molecule has 0 radical (unpaired) electrons. The largest absolute Gasteiger partial charge is 0.477 e. The highest BCUT2D eigenvalue weighted by atomic mass is 16.6. The lowest BCUT2D eigenvalue weighted by atomic mass is 9.92. The van der Waals surface area contributed by atoms with Gasteiger partial charge < -0.3 is 24.8 Å². The van der Waals surface area contributed by atoms with E-state index in [1.807, 2.05) is 19.9 Å². The van der Waals surface area contributed by atoms with Crippen molar-refractivity contribution in [3.63, 3.8) is 0 Å². The molecule has 0 unspecified atom stereocenters. The summed E-state index contributed by atoms with van der Waals surface area (Å²) >= 11 is 0. The van der Waals surface area contributed by atoms with Gasteiger partial charge in [-0.15, -0.1) is 0 Å². The molecule has 166 valence electrons. The lowest BCUT2D eigenvalue weighted by Crippen LogP contribution is -2.59. The lowest BCUT2D eigenvalue weighted by molar-refractivity contribution is -0.128. The van der Waals surface area contributed by atoms with E-state index in [0.29, 0.717) is 50.3 Å². The van der Waals surface area contributed by atoms with Crippen LogP contribution in [0.5, 0.6) is 11.8 Å². The predicted molar refractivity (Wildman–Crippen MR) is 112 cm³/mol. The molecule has 2 aliphatic rings. The number of carbonyl (C=O) groups is 2. The van der Waals surface area contributed by atoms with Crippen LogP contribution in [-0.4, -0.2) is 49.4 Å². The number of rotatable bonds is 12. The standard InChI is InChI=1S/C22H33N3O5/c1-4-22(5-2,20(26)23-12-13-28-3)25-21(27)30-18-11-10-17(16-8-9-16)19(24-18)29-14-15-6-7-15/h10-11,15-16H,4-9,12-14H2,1-3H3,(H,23,26)(H,25,27). The molecule has 2 amide bonds. The minimum absolute atomic E-state index is 0.170. The number of nitrogens with zero attached hydrogens (tertiary/aromatic N) is 1. The third-order valence-corrected chi connectivity index (χ3v) is 5.81. The molecular formula is C22H33N3O5. The van der Waals surface area contributed by atoms with Crippen molar-refractivity contribution in [1.82, 2.24) is 15.6 Å². The number of amides is 2. The Kier molecular flexibility index (Phi) is 7.53. The topological polar surface area (TPSA) is 98.8 Å². The van der Waals surface area contributed by atoms with E-state index < -0.39 is 11.6 Å². The van der Waals surface area contributed by atoms with Crippen LogP contribution in [0.2, 0.25) is 0 Å². The summed E-state index contributed by atoms with van der Waals surface area (Å²) in [5.74, 6) is 1.57. The zero-order valence-corrected chi connectivity index (χ0v) is 18.2. The molecule has 0 atom stereocenters. The van der Waals surface area contributed by atoms with Crippen molar-refractivity contribution in [2.24, 2.45) is 5.92 Å². The molecule has 0 bridgehead atoms. The highest BCUT2D eigenvalue weighted by Crippen LogP contribution is 2.44. The van der Waals surface area contributed by atoms with Crippen LogP contribution in [0.25, 0.3) is 0 Å². The van der Waals surface area contributed by atoms with E-state index in [1.165, 1.54) is 12.8 Å². The Morgan fingerprint density at radius 2 is 1.90 bits per heavy atom. The molecule has 2 saturated carbocycles. The monoisotopic (exact) mass is 419 g/mol. The number of aromatic nitrogens is 1. The van der Waals surface area contributed by atoms with Crippen LogP contribution >= 0.6 is 0 Å². The zero-order chi connectivity index (χ0) is 21.6. The SMILES string of the molecule is CCC(CC)(NC(=O)Oc1ccc(C2CC2)c(OCC2CC2)n1)C(=O)NCCOC. The molecule has 2 fully saturated rings. The minimum Gasteiger partial charge on any atom is -0.477 e. The second-order valence-electron chi connectivity index (χ2n) is 8.12. The van der Waals surface area contributed by atoms with Crippen LogP contribution in [0.1, 0.15) is 63.9 Å². The van der Waals surface area contributed by atoms with E-state index in [0.717, 1.165) is 18.4 Å². The van der Waals surface area contributed by atoms with E-state index in [9.17, 15) is 9.59 Å². The maximum absolute atomic E-state index is 12.7. The summed E-state index contributed by atoms with van der Waals surface area (Å²) < 4.78 is 16.3. The van der Waals surface area contributed by atoms with E-state index >= 15 is 0 Å². The van der Waals surface area contributed by atoms with Crippen molar-refractivity contribution < 1.29 is 23.8 Å². The normalized spacial score (nSPS) is 16.1. The van der Waals surface area contributed by atoms with Crippen molar-refractivity contribution in [3.8, 4) is 11.8 Å². The lowest BCUT2D eigenvalue weighted by Gasteiger charge is -2.30. The summed E-state index contributed by atoms with van der Waals surface area (Å²) in [7, 11) is 1.57. The average molecular weight is 420 g/mol. The van der Waals surface area contributed by atoms with Crippen LogP contribution in [0.15, 0.2) is 12.1 Å². The number of hydrogen-bond donors (Lipinski definition) is 2. The van der Waals surface area contributed by atoms with E-state index in [4.69, 9.17) is 14.2 Å². The summed E-state index contributed by atoms with van der Waals surface area (Å²) in [6.45, 7) is 5.14. The molecular weight excluding hydrogens is 386 g/mol. The van der Waals surface area contributed by atoms with Crippen LogP contribution in [0.3, 0.4) is 0 Å². The van der Waals surface area contributed by atoms with Gasteiger partial charge in [0, 0.05) is 25.3 Å². The van der Waals surface area contributed by atoms with Crippen molar-refractivity contribution in [1.29, 1.82) is 0 Å². The van der Waals surface area contributed by atoms with Gasteiger partial charge in [0.25, 0.3) is 0 Å². The van der Waals surface area contributed by atoms with Gasteiger partial charge in [0.05, 0.1) is 13.2 Å². The van der Waals surface area contributed by atoms with Gasteiger partial charge in [-0.05, 0) is 56.4 Å². The molecule has 3 rings (SSSR count). The third kappa shape index (κ3) is 5.84. The first-order valence-electron chi connectivity index (χ1n) is 10.9. The van der Waals surface area contributed by atoms with E-state index in [-0.39, 0.29) is 11.8 Å². The molecule has 2 N–H and O–H groups in total. The average Bonchev–Trinajstić information content (AvgIpc) is 3.64. The molecule has 2 aliphatic carbocycles. The number of pyridine rings is 1. The van der Waals surface area contributed by atoms with Gasteiger partial charge in [0.2, 0.25) is 17.7 Å². The molecule has 8 heteroatoms. The minimum atomic E-state index is -1.05. The first kappa shape index (κ1) is 22.3. The maximum atomic E-state index is 12.7. The van der Waals surface area contributed by atoms with E-state index in [1.54, 1.807) is 13.2 Å². The predicted octanol–water partition coefficient (Wildman–Crippen LogP) is 3.16. The van der Waals surface area contributed by atoms with Crippen molar-refractivity contribution in [2.45, 2.75) is 63.8 Å². The number of hydrogen-bond acceptors (Lipinski definition) is 6. The molecule has 0 aliphatic heterocycles. The molecule has 1 aromatic heterocycles. The second-order valence-corrected chi connectivity index (χ2v) is 8.12. The summed E-state index contributed by atoms with van der Waals surface area (Å²) in [6.07, 6.45) is 4.81. The third-order valence-electron chi connectivity index (χ3n) is 5.81. The Labute approximate surface area is 178 Å². The Morgan fingerprint density at radius 3 is 2.50 bits per heavy atom. The van der Waals surface area contributed by atoms with Crippen LogP contribution in [0.4, 0.5) is 4.79 Å². The van der Waals surface area contributed by atoms with Crippen LogP contribution in [0, 0.1) is 5.92 Å². The Bertz CT molecular complexity index is 742. The van der Waals surface area contributed by atoms with Gasteiger partial charge in [-0.1, -0.05) is 13.8 Å². The van der Waals surface area contributed by atoms with Crippen LogP contribution in [-0.2, 0) is 9.53 Å². The molecule has 30 heavy (non-hydrogen) atoms. The molecule has 0 aromatic carbocycles. The van der Waals surface area contributed by atoms with Gasteiger partial charge in [-0.3, -0.25) is 4.79 Å². The summed E-state index contributed by atoms with van der Waals surface area (Å²) in [5.41, 5.74) is 0.0294. The van der Waals surface area contributed by atoms with Gasteiger partial charge >= 0.3 is 6.09 Å². The molecule has 0 spiro atoms. The Balaban J connectivity index is 1.64. The second kappa shape index (κ2) is 10.1. The van der Waals surface area contributed by atoms with Gasteiger partial charge in [-0.25, -0.2) is 4.79 Å². The first-order valence-corrected chi connectivity index (χ1v) is 10.9. The molecule has 8 nitrogen and oxygen atoms in total. The highest BCUT2D eigenvalue weighted by Gasteiger charge is 2.37. The summed E-state index contributed by atoms with van der Waals surface area (Å²) in [4.78, 5) is 29.7. The quantitative estimate of drug-likeness (QED) is 0.505. The number of ether oxygens (including phenoxy) is 3. The Hall–Kier alpha value is -2.35. The first-order chi connectivity index (χ1) is 14.5. The summed E-state index contributed by atoms with van der Waals surface area (Å²) in [6, 6.07) is 3.62. The maximum Gasteiger partial charge on any atom is 0.414 e. The molecule has 0 saturated heterocycles. The van der Waals surface area contributed by atoms with Crippen molar-refractivity contribution in [2.75, 3.05) is 26.9 Å². The summed E-state index contributed by atoms with van der Waals surface area (Å²) in [5, 5.41) is 5.53. The number of nitrogens with one attached hydrogen (secondary N) is 2. The number of carbonyl (C=O) groups excluding carboxylic acids is 2. The fourth-order valence-corrected chi connectivity index (χ4v) is 3.35. The van der Waals surface area contributed by atoms with Gasteiger partial charge in [0.1, 0.15) is 5.54 Å². The highest BCUT2D eigenvalue weighted by molar-refractivity contribution is 5.90. The van der Waals surface area contributed by atoms with Gasteiger partial charge in [-0.2, -0.15) is 4.98 Å². The molecule has 1 aromatic rings. The smallest absolute Gasteiger partial charge is 0.414 e. The van der Waals surface area contributed by atoms with Gasteiger partial charge in [0.15, 0.2) is 0 Å². The Morgan fingerprint density at radius 1 is 1.17 bits per heavy atom. The number of methoxy groups -OCH3 is 1. The zero-order valence-electron chi connectivity index (χ0n) is 18.2. The van der Waals surface area contributed by atoms with E-state index in [2.05, 4.69) is 15.6 Å². The van der Waals surface area contributed by atoms with Crippen molar-refractivity contribution in [3.05, 3.63) is 17.7 Å². The fraction of sp³-hybridized carbons (Fsp3) is 0.682. The van der Waals surface area contributed by atoms with Crippen molar-refractivity contribution >= 4 is 12.0 Å². The van der Waals surface area contributed by atoms with Crippen LogP contribution < -0.4 is 20.1 Å². The molecule has 1 heterocycles. The fourth-order valence-electron chi connectivity index (χ4n) is 3.35.